The van der Waals surface area contributed by atoms with Crippen molar-refractivity contribution >= 4 is 0 Å². The number of hydrogen-bond acceptors (Lipinski definition) is 1. The molecule has 0 N–H and O–H groups in total. The largest absolute Gasteiger partial charge is 0.373 e. The first kappa shape index (κ1) is 28.7. The number of benzene rings is 3. The van der Waals surface area contributed by atoms with E-state index in [4.69, 9.17) is 4.74 Å². The SMILES string of the molecule is CC(C)(Cc1cccc(C(C)(C)Cc2ccccc2CCC2CO2)c1CCC1CC1)c1ccccc1CCC1CC1. The molecule has 0 radical (unpaired) electrons. The van der Waals surface area contributed by atoms with Gasteiger partial charge < -0.3 is 4.74 Å². The van der Waals surface area contributed by atoms with E-state index in [0.29, 0.717) is 6.10 Å². The summed E-state index contributed by atoms with van der Waals surface area (Å²) in [4.78, 5) is 0. The molecular weight excluding hydrogens is 496 g/mol. The highest BCUT2D eigenvalue weighted by atomic mass is 16.6. The maximum Gasteiger partial charge on any atom is 0.0813 e. The molecule has 3 aliphatic rings. The van der Waals surface area contributed by atoms with Gasteiger partial charge in [0.25, 0.3) is 0 Å². The second-order valence-corrected chi connectivity index (χ2v) is 14.9. The lowest BCUT2D eigenvalue weighted by molar-refractivity contribution is 0.396. The summed E-state index contributed by atoms with van der Waals surface area (Å²) >= 11 is 0. The van der Waals surface area contributed by atoms with Crippen molar-refractivity contribution in [2.24, 2.45) is 11.8 Å². The van der Waals surface area contributed by atoms with Gasteiger partial charge in [-0.05, 0) is 113 Å². The Morgan fingerprint density at radius 2 is 1.07 bits per heavy atom. The van der Waals surface area contributed by atoms with Gasteiger partial charge in [-0.3, -0.25) is 0 Å². The Kier molecular flexibility index (Phi) is 8.46. The van der Waals surface area contributed by atoms with Crippen molar-refractivity contribution in [3.63, 3.8) is 0 Å². The number of hydrogen-bond donors (Lipinski definition) is 0. The molecule has 1 aliphatic heterocycles. The zero-order valence-electron chi connectivity index (χ0n) is 26.2. The summed E-state index contributed by atoms with van der Waals surface area (Å²) in [7, 11) is 0. The molecule has 2 aliphatic carbocycles. The van der Waals surface area contributed by atoms with E-state index in [0.717, 1.165) is 44.1 Å². The molecule has 3 aromatic carbocycles. The second kappa shape index (κ2) is 12.1. The van der Waals surface area contributed by atoms with Gasteiger partial charge in [0.15, 0.2) is 0 Å². The summed E-state index contributed by atoms with van der Waals surface area (Å²) in [5.74, 6) is 1.92. The van der Waals surface area contributed by atoms with Gasteiger partial charge >= 0.3 is 0 Å². The fourth-order valence-corrected chi connectivity index (χ4v) is 7.32. The van der Waals surface area contributed by atoms with Crippen LogP contribution in [0.4, 0.5) is 0 Å². The van der Waals surface area contributed by atoms with Gasteiger partial charge in [0.2, 0.25) is 0 Å². The van der Waals surface area contributed by atoms with Crippen LogP contribution in [-0.2, 0) is 47.7 Å². The molecule has 3 aromatic rings. The summed E-state index contributed by atoms with van der Waals surface area (Å²) in [6.45, 7) is 10.9. The average molecular weight is 549 g/mol. The van der Waals surface area contributed by atoms with Crippen LogP contribution in [0.3, 0.4) is 0 Å². The fourth-order valence-electron chi connectivity index (χ4n) is 7.32. The molecule has 218 valence electrons. The molecule has 2 saturated carbocycles. The molecule has 1 heteroatoms. The van der Waals surface area contributed by atoms with Crippen LogP contribution in [-0.4, -0.2) is 12.7 Å². The number of aryl methyl sites for hydroxylation is 2. The monoisotopic (exact) mass is 548 g/mol. The molecule has 6 rings (SSSR count). The highest BCUT2D eigenvalue weighted by Gasteiger charge is 2.31. The average Bonchev–Trinajstić information content (AvgIpc) is 3.80. The molecule has 3 fully saturated rings. The van der Waals surface area contributed by atoms with Gasteiger partial charge in [-0.1, -0.05) is 120 Å². The van der Waals surface area contributed by atoms with E-state index in [1.165, 1.54) is 62.5 Å². The quantitative estimate of drug-likeness (QED) is 0.172. The minimum atomic E-state index is 0.0768. The van der Waals surface area contributed by atoms with E-state index in [1.807, 2.05) is 0 Å². The Balaban J connectivity index is 1.28. The number of ether oxygens (including phenoxy) is 1. The van der Waals surface area contributed by atoms with Crippen molar-refractivity contribution in [2.45, 2.75) is 122 Å². The molecule has 1 heterocycles. The lowest BCUT2D eigenvalue weighted by Crippen LogP contribution is -2.27. The third-order valence-corrected chi connectivity index (χ3v) is 10.3. The van der Waals surface area contributed by atoms with Gasteiger partial charge in [-0.25, -0.2) is 0 Å². The fraction of sp³-hybridized carbons (Fsp3) is 0.550. The summed E-state index contributed by atoms with van der Waals surface area (Å²) in [6.07, 6.45) is 15.9. The molecule has 0 bridgehead atoms. The first-order valence-electron chi connectivity index (χ1n) is 16.7. The third-order valence-electron chi connectivity index (χ3n) is 10.3. The highest BCUT2D eigenvalue weighted by molar-refractivity contribution is 5.44. The Bertz CT molecular complexity index is 1320. The maximum absolute atomic E-state index is 5.53. The molecular formula is C40H52O. The molecule has 1 saturated heterocycles. The summed E-state index contributed by atoms with van der Waals surface area (Å²) in [6, 6.07) is 25.8. The molecule has 0 aromatic heterocycles. The molecule has 41 heavy (non-hydrogen) atoms. The van der Waals surface area contributed by atoms with E-state index >= 15 is 0 Å². The molecule has 0 spiro atoms. The smallest absolute Gasteiger partial charge is 0.0813 e. The predicted molar refractivity (Wildman–Crippen MR) is 173 cm³/mol. The first-order valence-corrected chi connectivity index (χ1v) is 16.7. The van der Waals surface area contributed by atoms with Crippen LogP contribution in [0.1, 0.15) is 112 Å². The van der Waals surface area contributed by atoms with Crippen molar-refractivity contribution in [1.82, 2.24) is 0 Å². The van der Waals surface area contributed by atoms with Gasteiger partial charge in [0.05, 0.1) is 12.7 Å². The Hall–Kier alpha value is -2.38. The van der Waals surface area contributed by atoms with Crippen molar-refractivity contribution in [3.05, 3.63) is 106 Å². The molecule has 1 nitrogen and oxygen atoms in total. The van der Waals surface area contributed by atoms with Crippen LogP contribution in [0.15, 0.2) is 66.7 Å². The molecule has 1 atom stereocenters. The molecule has 0 amide bonds. The van der Waals surface area contributed by atoms with Crippen molar-refractivity contribution in [2.75, 3.05) is 6.61 Å². The zero-order chi connectivity index (χ0) is 28.5. The standard InChI is InChI=1S/C40H52O/c1-39(2,37-14-8-7-11-32(37)22-20-29-16-17-29)27-34-13-9-15-38(36(34)25-21-30-18-19-30)40(3,4)26-33-12-6-5-10-31(33)23-24-35-28-41-35/h5-15,29-30,35H,16-28H2,1-4H3. The van der Waals surface area contributed by atoms with E-state index < -0.39 is 0 Å². The van der Waals surface area contributed by atoms with E-state index in [-0.39, 0.29) is 10.8 Å². The van der Waals surface area contributed by atoms with Crippen LogP contribution in [0, 0.1) is 11.8 Å². The zero-order valence-corrected chi connectivity index (χ0v) is 26.2. The Morgan fingerprint density at radius 3 is 1.76 bits per heavy atom. The number of rotatable bonds is 15. The van der Waals surface area contributed by atoms with Crippen LogP contribution in [0.25, 0.3) is 0 Å². The van der Waals surface area contributed by atoms with E-state index in [1.54, 1.807) is 27.8 Å². The first-order chi connectivity index (χ1) is 19.8. The predicted octanol–water partition coefficient (Wildman–Crippen LogP) is 9.74. The van der Waals surface area contributed by atoms with Crippen LogP contribution < -0.4 is 0 Å². The minimum absolute atomic E-state index is 0.0768. The lowest BCUT2D eigenvalue weighted by atomic mass is 9.71. The van der Waals surface area contributed by atoms with E-state index in [2.05, 4.69) is 94.4 Å². The van der Waals surface area contributed by atoms with Crippen molar-refractivity contribution < 1.29 is 4.74 Å². The minimum Gasteiger partial charge on any atom is -0.373 e. The van der Waals surface area contributed by atoms with Crippen LogP contribution in [0.5, 0.6) is 0 Å². The van der Waals surface area contributed by atoms with Gasteiger partial charge in [0, 0.05) is 0 Å². The highest BCUT2D eigenvalue weighted by Crippen LogP contribution is 2.41. The Morgan fingerprint density at radius 1 is 0.561 bits per heavy atom. The second-order valence-electron chi connectivity index (χ2n) is 14.9. The third kappa shape index (κ3) is 7.53. The maximum atomic E-state index is 5.53. The van der Waals surface area contributed by atoms with Crippen LogP contribution in [0.2, 0.25) is 0 Å². The topological polar surface area (TPSA) is 12.5 Å². The summed E-state index contributed by atoms with van der Waals surface area (Å²) in [5, 5.41) is 0. The lowest BCUT2D eigenvalue weighted by Gasteiger charge is -2.33. The summed E-state index contributed by atoms with van der Waals surface area (Å²) in [5.41, 5.74) is 11.2. The van der Waals surface area contributed by atoms with Crippen molar-refractivity contribution in [1.29, 1.82) is 0 Å². The van der Waals surface area contributed by atoms with E-state index in [9.17, 15) is 0 Å². The van der Waals surface area contributed by atoms with Gasteiger partial charge in [0.1, 0.15) is 0 Å². The Labute approximate surface area is 250 Å². The normalized spacial score (nSPS) is 19.0. The number of epoxide rings is 1. The summed E-state index contributed by atoms with van der Waals surface area (Å²) < 4.78 is 5.53. The van der Waals surface area contributed by atoms with Crippen LogP contribution >= 0.6 is 0 Å². The van der Waals surface area contributed by atoms with Crippen molar-refractivity contribution in [3.8, 4) is 0 Å². The van der Waals surface area contributed by atoms with Gasteiger partial charge in [-0.15, -0.1) is 0 Å². The molecule has 1 unspecified atom stereocenters. The van der Waals surface area contributed by atoms with Gasteiger partial charge in [-0.2, -0.15) is 0 Å².